The van der Waals surface area contributed by atoms with E-state index in [-0.39, 0.29) is 6.04 Å². The molecular weight excluding hydrogens is 190 g/mol. The molecule has 1 atom stereocenters. The predicted molar refractivity (Wildman–Crippen MR) is 53.6 cm³/mol. The van der Waals surface area contributed by atoms with Gasteiger partial charge < -0.3 is 5.73 Å². The Bertz CT molecular complexity index is 267. The lowest BCUT2D eigenvalue weighted by Gasteiger charge is -2.30. The molecule has 2 N–H and O–H groups in total. The quantitative estimate of drug-likeness (QED) is 0.782. The highest BCUT2D eigenvalue weighted by Gasteiger charge is 2.25. The highest BCUT2D eigenvalue weighted by molar-refractivity contribution is 7.14. The standard InChI is InChI=1S/C9H12ClNS/c10-8-4-7(5-12-8)9(11)6-2-1-3-6/h4-6,9H,1-3,11H2. The van der Waals surface area contributed by atoms with Crippen LogP contribution in [0.1, 0.15) is 30.9 Å². The van der Waals surface area contributed by atoms with E-state index in [0.29, 0.717) is 5.92 Å². The van der Waals surface area contributed by atoms with Crippen LogP contribution in [-0.4, -0.2) is 0 Å². The number of hydrogen-bond acceptors (Lipinski definition) is 2. The van der Waals surface area contributed by atoms with Crippen molar-refractivity contribution in [3.63, 3.8) is 0 Å². The second-order valence-corrected chi connectivity index (χ2v) is 4.94. The summed E-state index contributed by atoms with van der Waals surface area (Å²) in [4.78, 5) is 0. The monoisotopic (exact) mass is 201 g/mol. The van der Waals surface area contributed by atoms with Crippen LogP contribution in [0.3, 0.4) is 0 Å². The van der Waals surface area contributed by atoms with Crippen LogP contribution < -0.4 is 5.73 Å². The third kappa shape index (κ3) is 1.51. The first-order chi connectivity index (χ1) is 5.77. The molecule has 0 aromatic carbocycles. The summed E-state index contributed by atoms with van der Waals surface area (Å²) in [5.41, 5.74) is 7.28. The average Bonchev–Trinajstić information content (AvgIpc) is 2.31. The van der Waals surface area contributed by atoms with Gasteiger partial charge in [0.1, 0.15) is 0 Å². The van der Waals surface area contributed by atoms with Crippen molar-refractivity contribution in [1.82, 2.24) is 0 Å². The van der Waals surface area contributed by atoms with Gasteiger partial charge in [0.15, 0.2) is 0 Å². The van der Waals surface area contributed by atoms with E-state index in [1.165, 1.54) is 24.8 Å². The van der Waals surface area contributed by atoms with Crippen LogP contribution >= 0.6 is 22.9 Å². The Kier molecular flexibility index (Phi) is 2.40. The number of hydrogen-bond donors (Lipinski definition) is 1. The Morgan fingerprint density at radius 1 is 1.58 bits per heavy atom. The molecule has 1 unspecified atom stereocenters. The van der Waals surface area contributed by atoms with Crippen LogP contribution in [0, 0.1) is 5.92 Å². The van der Waals surface area contributed by atoms with Crippen molar-refractivity contribution in [2.24, 2.45) is 11.7 Å². The number of rotatable bonds is 2. The molecule has 2 rings (SSSR count). The highest BCUT2D eigenvalue weighted by atomic mass is 35.5. The van der Waals surface area contributed by atoms with Crippen LogP contribution in [-0.2, 0) is 0 Å². The normalized spacial score (nSPS) is 20.5. The molecule has 0 aliphatic heterocycles. The zero-order chi connectivity index (χ0) is 8.55. The fraction of sp³-hybridized carbons (Fsp3) is 0.556. The Balaban J connectivity index is 2.08. The van der Waals surface area contributed by atoms with Crippen molar-refractivity contribution in [3.8, 4) is 0 Å². The van der Waals surface area contributed by atoms with E-state index in [2.05, 4.69) is 5.38 Å². The number of nitrogens with two attached hydrogens (primary N) is 1. The van der Waals surface area contributed by atoms with E-state index >= 15 is 0 Å². The van der Waals surface area contributed by atoms with Gasteiger partial charge in [-0.3, -0.25) is 0 Å². The van der Waals surface area contributed by atoms with Gasteiger partial charge in [-0.15, -0.1) is 11.3 Å². The largest absolute Gasteiger partial charge is 0.324 e. The van der Waals surface area contributed by atoms with E-state index in [0.717, 1.165) is 4.34 Å². The van der Waals surface area contributed by atoms with E-state index in [9.17, 15) is 0 Å². The predicted octanol–water partition coefficient (Wildman–Crippen LogP) is 3.20. The van der Waals surface area contributed by atoms with Gasteiger partial charge in [-0.2, -0.15) is 0 Å². The summed E-state index contributed by atoms with van der Waals surface area (Å²) in [6, 6.07) is 2.22. The van der Waals surface area contributed by atoms with E-state index in [1.807, 2.05) is 6.07 Å². The molecule has 0 bridgehead atoms. The molecule has 0 spiro atoms. The van der Waals surface area contributed by atoms with Gasteiger partial charge in [0.2, 0.25) is 0 Å². The second kappa shape index (κ2) is 3.36. The smallest absolute Gasteiger partial charge is 0.0931 e. The molecule has 1 aliphatic rings. The minimum absolute atomic E-state index is 0.225. The van der Waals surface area contributed by atoms with Gasteiger partial charge in [0, 0.05) is 6.04 Å². The summed E-state index contributed by atoms with van der Waals surface area (Å²) in [5, 5.41) is 2.07. The number of halogens is 1. The average molecular weight is 202 g/mol. The summed E-state index contributed by atoms with van der Waals surface area (Å²) < 4.78 is 0.847. The molecule has 0 amide bonds. The lowest BCUT2D eigenvalue weighted by Crippen LogP contribution is -2.26. The van der Waals surface area contributed by atoms with Gasteiger partial charge in [-0.25, -0.2) is 0 Å². The minimum Gasteiger partial charge on any atom is -0.324 e. The molecule has 0 saturated heterocycles. The Morgan fingerprint density at radius 3 is 2.75 bits per heavy atom. The fourth-order valence-electron chi connectivity index (χ4n) is 1.57. The first kappa shape index (κ1) is 8.54. The van der Waals surface area contributed by atoms with Gasteiger partial charge in [0.25, 0.3) is 0 Å². The van der Waals surface area contributed by atoms with E-state index in [1.54, 1.807) is 11.3 Å². The number of thiophene rings is 1. The Hall–Kier alpha value is -0.0500. The first-order valence-electron chi connectivity index (χ1n) is 4.27. The van der Waals surface area contributed by atoms with E-state index < -0.39 is 0 Å². The van der Waals surface area contributed by atoms with Crippen molar-refractivity contribution >= 4 is 22.9 Å². The van der Waals surface area contributed by atoms with Crippen LogP contribution in [0.15, 0.2) is 11.4 Å². The van der Waals surface area contributed by atoms with Crippen LogP contribution in [0.5, 0.6) is 0 Å². The topological polar surface area (TPSA) is 26.0 Å². The van der Waals surface area contributed by atoms with Crippen LogP contribution in [0.4, 0.5) is 0 Å². The lowest BCUT2D eigenvalue weighted by atomic mass is 9.78. The Labute approximate surface area is 81.5 Å². The molecule has 1 aromatic heterocycles. The maximum atomic E-state index is 6.06. The summed E-state index contributed by atoms with van der Waals surface area (Å²) in [6.45, 7) is 0. The molecule has 12 heavy (non-hydrogen) atoms. The molecule has 0 radical (unpaired) electrons. The minimum atomic E-state index is 0.225. The first-order valence-corrected chi connectivity index (χ1v) is 5.52. The summed E-state index contributed by atoms with van der Waals surface area (Å²) in [6.07, 6.45) is 3.92. The van der Waals surface area contributed by atoms with Crippen molar-refractivity contribution < 1.29 is 0 Å². The van der Waals surface area contributed by atoms with Crippen molar-refractivity contribution in [3.05, 3.63) is 21.3 Å². The summed E-state index contributed by atoms with van der Waals surface area (Å²) >= 11 is 7.40. The molecule has 66 valence electrons. The van der Waals surface area contributed by atoms with Gasteiger partial charge in [-0.1, -0.05) is 18.0 Å². The highest BCUT2D eigenvalue weighted by Crippen LogP contribution is 2.37. The Morgan fingerprint density at radius 2 is 2.33 bits per heavy atom. The van der Waals surface area contributed by atoms with Crippen molar-refractivity contribution in [2.75, 3.05) is 0 Å². The van der Waals surface area contributed by atoms with Gasteiger partial charge >= 0.3 is 0 Å². The van der Waals surface area contributed by atoms with Crippen LogP contribution in [0.25, 0.3) is 0 Å². The SMILES string of the molecule is NC(c1csc(Cl)c1)C1CCC1. The van der Waals surface area contributed by atoms with Crippen molar-refractivity contribution in [2.45, 2.75) is 25.3 Å². The third-order valence-electron chi connectivity index (χ3n) is 2.63. The van der Waals surface area contributed by atoms with Crippen molar-refractivity contribution in [1.29, 1.82) is 0 Å². The second-order valence-electron chi connectivity index (χ2n) is 3.40. The molecule has 1 aromatic rings. The molecule has 1 saturated carbocycles. The molecule has 1 aliphatic carbocycles. The molecule has 1 fully saturated rings. The van der Waals surface area contributed by atoms with Gasteiger partial charge in [-0.05, 0) is 35.8 Å². The van der Waals surface area contributed by atoms with Crippen LogP contribution in [0.2, 0.25) is 4.34 Å². The molecule has 3 heteroatoms. The summed E-state index contributed by atoms with van der Waals surface area (Å²) in [5.74, 6) is 0.704. The maximum absolute atomic E-state index is 6.06. The molecule has 1 heterocycles. The lowest BCUT2D eigenvalue weighted by molar-refractivity contribution is 0.265. The van der Waals surface area contributed by atoms with Gasteiger partial charge in [0.05, 0.1) is 4.34 Å². The fourth-order valence-corrected chi connectivity index (χ4v) is 2.51. The maximum Gasteiger partial charge on any atom is 0.0931 e. The molecule has 1 nitrogen and oxygen atoms in total. The van der Waals surface area contributed by atoms with E-state index in [4.69, 9.17) is 17.3 Å². The zero-order valence-electron chi connectivity index (χ0n) is 6.79. The third-order valence-corrected chi connectivity index (χ3v) is 3.74. The molecular formula is C9H12ClNS. The summed E-state index contributed by atoms with van der Waals surface area (Å²) in [7, 11) is 0. The zero-order valence-corrected chi connectivity index (χ0v) is 8.37.